The van der Waals surface area contributed by atoms with Crippen molar-refractivity contribution in [1.29, 1.82) is 0 Å². The summed E-state index contributed by atoms with van der Waals surface area (Å²) >= 11 is 12.3. The number of methoxy groups -OCH3 is 1. The molecule has 0 atom stereocenters. The monoisotopic (exact) mass is 405 g/mol. The Bertz CT molecular complexity index is 881. The number of carbonyl (C=O) groups is 1. The standard InChI is InChI=1S/C19H16ClNO3S2/c1-21-18(22)17(26-19(21)25)10-13-5-8-15(23-2)16(9-13)24-11-12-3-6-14(20)7-4-12/h3-10H,11H2,1-2H3/b17-10+. The van der Waals surface area contributed by atoms with E-state index in [-0.39, 0.29) is 5.91 Å². The number of nitrogens with zero attached hydrogens (tertiary/aromatic N) is 1. The van der Waals surface area contributed by atoms with Crippen LogP contribution in [0.25, 0.3) is 6.08 Å². The Balaban J connectivity index is 1.81. The Morgan fingerprint density at radius 2 is 1.92 bits per heavy atom. The number of amides is 1. The van der Waals surface area contributed by atoms with Gasteiger partial charge in [0.2, 0.25) is 0 Å². The van der Waals surface area contributed by atoms with Crippen LogP contribution in [0.4, 0.5) is 0 Å². The Kier molecular flexibility index (Phi) is 5.86. The fourth-order valence-electron chi connectivity index (χ4n) is 2.33. The fraction of sp³-hybridized carbons (Fsp3) is 0.158. The van der Waals surface area contributed by atoms with Crippen LogP contribution in [0.15, 0.2) is 47.4 Å². The van der Waals surface area contributed by atoms with E-state index in [0.717, 1.165) is 11.1 Å². The van der Waals surface area contributed by atoms with Gasteiger partial charge in [0.15, 0.2) is 11.5 Å². The number of ether oxygens (including phenoxy) is 2. The number of hydrogen-bond donors (Lipinski definition) is 0. The summed E-state index contributed by atoms with van der Waals surface area (Å²) in [5.74, 6) is 1.13. The van der Waals surface area contributed by atoms with Crippen molar-refractivity contribution < 1.29 is 14.3 Å². The van der Waals surface area contributed by atoms with Crippen molar-refractivity contribution in [2.75, 3.05) is 14.2 Å². The summed E-state index contributed by atoms with van der Waals surface area (Å²) in [7, 11) is 3.26. The summed E-state index contributed by atoms with van der Waals surface area (Å²) in [6.45, 7) is 0.383. The van der Waals surface area contributed by atoms with Crippen LogP contribution in [0, 0.1) is 0 Å². The van der Waals surface area contributed by atoms with Gasteiger partial charge < -0.3 is 9.47 Å². The van der Waals surface area contributed by atoms with E-state index in [4.69, 9.17) is 33.3 Å². The molecular formula is C19H16ClNO3S2. The highest BCUT2D eigenvalue weighted by atomic mass is 35.5. The third-order valence-corrected chi connectivity index (χ3v) is 5.52. The molecule has 0 N–H and O–H groups in total. The predicted molar refractivity (Wildman–Crippen MR) is 110 cm³/mol. The van der Waals surface area contributed by atoms with Crippen molar-refractivity contribution in [3.05, 3.63) is 63.5 Å². The molecule has 26 heavy (non-hydrogen) atoms. The molecule has 2 aromatic rings. The summed E-state index contributed by atoms with van der Waals surface area (Å²) in [5, 5.41) is 0.682. The zero-order chi connectivity index (χ0) is 18.7. The van der Waals surface area contributed by atoms with Crippen molar-refractivity contribution in [3.8, 4) is 11.5 Å². The van der Waals surface area contributed by atoms with Crippen molar-refractivity contribution >= 4 is 51.9 Å². The minimum absolute atomic E-state index is 0.0977. The summed E-state index contributed by atoms with van der Waals surface area (Å²) < 4.78 is 11.8. The smallest absolute Gasteiger partial charge is 0.265 e. The molecule has 0 saturated carbocycles. The molecule has 0 bridgehead atoms. The molecule has 1 aliphatic rings. The first-order chi connectivity index (χ1) is 12.5. The Morgan fingerprint density at radius 1 is 1.19 bits per heavy atom. The van der Waals surface area contributed by atoms with Gasteiger partial charge in [0.1, 0.15) is 10.9 Å². The van der Waals surface area contributed by atoms with Gasteiger partial charge in [0.25, 0.3) is 5.91 Å². The summed E-state index contributed by atoms with van der Waals surface area (Å²) in [6, 6.07) is 13.0. The van der Waals surface area contributed by atoms with Crippen molar-refractivity contribution in [1.82, 2.24) is 4.90 Å². The molecule has 134 valence electrons. The van der Waals surface area contributed by atoms with E-state index in [0.29, 0.717) is 32.4 Å². The first-order valence-electron chi connectivity index (χ1n) is 7.75. The van der Waals surface area contributed by atoms with Gasteiger partial charge in [0, 0.05) is 12.1 Å². The average Bonchev–Trinajstić information content (AvgIpc) is 2.88. The van der Waals surface area contributed by atoms with Gasteiger partial charge in [0.05, 0.1) is 12.0 Å². The number of thiocarbonyl (C=S) groups is 1. The molecule has 0 aliphatic carbocycles. The third kappa shape index (κ3) is 4.20. The van der Waals surface area contributed by atoms with Gasteiger partial charge >= 0.3 is 0 Å². The van der Waals surface area contributed by atoms with Gasteiger partial charge in [-0.25, -0.2) is 0 Å². The summed E-state index contributed by atoms with van der Waals surface area (Å²) in [4.78, 5) is 14.2. The first kappa shape index (κ1) is 18.8. The highest BCUT2D eigenvalue weighted by Gasteiger charge is 2.28. The highest BCUT2D eigenvalue weighted by molar-refractivity contribution is 8.26. The maximum Gasteiger partial charge on any atom is 0.265 e. The Labute approximate surface area is 166 Å². The lowest BCUT2D eigenvalue weighted by Gasteiger charge is -2.12. The fourth-order valence-corrected chi connectivity index (χ4v) is 3.64. The molecule has 4 nitrogen and oxygen atoms in total. The number of thioether (sulfide) groups is 1. The van der Waals surface area contributed by atoms with Crippen LogP contribution in [-0.4, -0.2) is 29.3 Å². The van der Waals surface area contributed by atoms with E-state index >= 15 is 0 Å². The zero-order valence-corrected chi connectivity index (χ0v) is 16.6. The largest absolute Gasteiger partial charge is 0.493 e. The van der Waals surface area contributed by atoms with Gasteiger partial charge in [-0.15, -0.1) is 0 Å². The lowest BCUT2D eigenvalue weighted by atomic mass is 10.1. The number of carbonyl (C=O) groups excluding carboxylic acids is 1. The lowest BCUT2D eigenvalue weighted by molar-refractivity contribution is -0.121. The predicted octanol–water partition coefficient (Wildman–Crippen LogP) is 4.76. The van der Waals surface area contributed by atoms with Gasteiger partial charge in [-0.3, -0.25) is 9.69 Å². The molecule has 3 rings (SSSR count). The van der Waals surface area contributed by atoms with Crippen molar-refractivity contribution in [2.24, 2.45) is 0 Å². The molecule has 1 saturated heterocycles. The average molecular weight is 406 g/mol. The Hall–Kier alpha value is -2.02. The maximum atomic E-state index is 12.1. The van der Waals surface area contributed by atoms with E-state index in [1.807, 2.05) is 42.5 Å². The van der Waals surface area contributed by atoms with E-state index < -0.39 is 0 Å². The van der Waals surface area contributed by atoms with Crippen LogP contribution in [0.2, 0.25) is 5.02 Å². The minimum atomic E-state index is -0.0977. The molecule has 1 heterocycles. The van der Waals surface area contributed by atoms with Crippen LogP contribution < -0.4 is 9.47 Å². The molecule has 0 aromatic heterocycles. The van der Waals surface area contributed by atoms with Gasteiger partial charge in [-0.1, -0.05) is 53.8 Å². The van der Waals surface area contributed by atoms with Crippen LogP contribution in [0.3, 0.4) is 0 Å². The minimum Gasteiger partial charge on any atom is -0.493 e. The van der Waals surface area contributed by atoms with Crippen LogP contribution in [0.1, 0.15) is 11.1 Å². The molecule has 1 fully saturated rings. The maximum absolute atomic E-state index is 12.1. The molecule has 7 heteroatoms. The van der Waals surface area contributed by atoms with Gasteiger partial charge in [-0.05, 0) is 41.5 Å². The first-order valence-corrected chi connectivity index (χ1v) is 9.35. The second-order valence-corrected chi connectivity index (χ2v) is 7.68. The normalized spacial score (nSPS) is 15.7. The quantitative estimate of drug-likeness (QED) is 0.529. The van der Waals surface area contributed by atoms with E-state index in [2.05, 4.69) is 0 Å². The number of rotatable bonds is 5. The number of benzene rings is 2. The molecule has 2 aromatic carbocycles. The second kappa shape index (κ2) is 8.12. The highest BCUT2D eigenvalue weighted by Crippen LogP contribution is 2.34. The summed E-state index contributed by atoms with van der Waals surface area (Å²) in [5.41, 5.74) is 1.83. The number of halogens is 1. The van der Waals surface area contributed by atoms with Crippen molar-refractivity contribution in [2.45, 2.75) is 6.61 Å². The molecule has 1 amide bonds. The van der Waals surface area contributed by atoms with Crippen LogP contribution >= 0.6 is 35.6 Å². The molecule has 1 aliphatic heterocycles. The molecule has 0 spiro atoms. The number of likely N-dealkylation sites (N-methyl/N-ethyl adjacent to an activating group) is 1. The topological polar surface area (TPSA) is 38.8 Å². The SMILES string of the molecule is COc1ccc(/C=C2/SC(=S)N(C)C2=O)cc1OCc1ccc(Cl)cc1. The second-order valence-electron chi connectivity index (χ2n) is 5.57. The van der Waals surface area contributed by atoms with E-state index in [1.165, 1.54) is 16.7 Å². The van der Waals surface area contributed by atoms with Gasteiger partial charge in [-0.2, -0.15) is 0 Å². The van der Waals surface area contributed by atoms with E-state index in [9.17, 15) is 4.79 Å². The van der Waals surface area contributed by atoms with E-state index in [1.54, 1.807) is 20.2 Å². The molecular weight excluding hydrogens is 390 g/mol. The number of hydrogen-bond acceptors (Lipinski definition) is 5. The summed E-state index contributed by atoms with van der Waals surface area (Å²) in [6.07, 6.45) is 1.80. The lowest BCUT2D eigenvalue weighted by Crippen LogP contribution is -2.22. The van der Waals surface area contributed by atoms with Crippen LogP contribution in [-0.2, 0) is 11.4 Å². The zero-order valence-electron chi connectivity index (χ0n) is 14.2. The van der Waals surface area contributed by atoms with Crippen molar-refractivity contribution in [3.63, 3.8) is 0 Å². The van der Waals surface area contributed by atoms with Crippen LogP contribution in [0.5, 0.6) is 11.5 Å². The molecule has 0 unspecified atom stereocenters. The third-order valence-electron chi connectivity index (χ3n) is 3.78. The molecule has 0 radical (unpaired) electrons. The Morgan fingerprint density at radius 3 is 2.54 bits per heavy atom.